The van der Waals surface area contributed by atoms with E-state index in [4.69, 9.17) is 4.99 Å². The van der Waals surface area contributed by atoms with E-state index in [9.17, 15) is 4.79 Å². The van der Waals surface area contributed by atoms with Crippen LogP contribution >= 0.6 is 0 Å². The van der Waals surface area contributed by atoms with Crippen LogP contribution in [0.3, 0.4) is 0 Å². The van der Waals surface area contributed by atoms with Gasteiger partial charge in [-0.15, -0.1) is 0 Å². The topological polar surface area (TPSA) is 68.8 Å². The van der Waals surface area contributed by atoms with Gasteiger partial charge in [-0.3, -0.25) is 14.7 Å². The lowest BCUT2D eigenvalue weighted by atomic mass is 10.1. The molecule has 31 heavy (non-hydrogen) atoms. The Morgan fingerprint density at radius 1 is 1.03 bits per heavy atom. The third-order valence-corrected chi connectivity index (χ3v) is 5.17. The quantitative estimate of drug-likeness (QED) is 0.381. The number of guanidine groups is 1. The second kappa shape index (κ2) is 13.4. The van der Waals surface area contributed by atoms with Crippen molar-refractivity contribution < 1.29 is 4.79 Å². The van der Waals surface area contributed by atoms with Gasteiger partial charge in [-0.1, -0.05) is 42.5 Å². The summed E-state index contributed by atoms with van der Waals surface area (Å²) in [6.07, 6.45) is 1.89. The van der Waals surface area contributed by atoms with Crippen molar-refractivity contribution in [2.45, 2.75) is 46.2 Å². The zero-order valence-electron chi connectivity index (χ0n) is 19.3. The molecule has 1 atom stereocenters. The van der Waals surface area contributed by atoms with Crippen molar-refractivity contribution >= 4 is 17.6 Å². The van der Waals surface area contributed by atoms with Crippen LogP contribution in [0, 0.1) is 0 Å². The average Bonchev–Trinajstić information content (AvgIpc) is 2.75. The molecule has 0 aliphatic carbocycles. The van der Waals surface area contributed by atoms with Crippen LogP contribution in [0.1, 0.15) is 38.3 Å². The second-order valence-electron chi connectivity index (χ2n) is 7.85. The number of nitrogens with one attached hydrogen (secondary N) is 3. The summed E-state index contributed by atoms with van der Waals surface area (Å²) in [5.74, 6) is 0.803. The van der Waals surface area contributed by atoms with Gasteiger partial charge in [-0.05, 0) is 57.0 Å². The molecule has 0 radical (unpaired) electrons. The highest BCUT2D eigenvalue weighted by Crippen LogP contribution is 2.10. The van der Waals surface area contributed by atoms with Gasteiger partial charge in [0, 0.05) is 44.8 Å². The fraction of sp³-hybridized carbons (Fsp3) is 0.440. The van der Waals surface area contributed by atoms with E-state index in [0.29, 0.717) is 6.04 Å². The van der Waals surface area contributed by atoms with Gasteiger partial charge >= 0.3 is 0 Å². The van der Waals surface area contributed by atoms with Gasteiger partial charge in [-0.2, -0.15) is 0 Å². The number of carbonyl (C=O) groups is 1. The van der Waals surface area contributed by atoms with Gasteiger partial charge in [0.1, 0.15) is 0 Å². The van der Waals surface area contributed by atoms with Crippen LogP contribution in [0.25, 0.3) is 0 Å². The molecule has 2 aromatic rings. The summed E-state index contributed by atoms with van der Waals surface area (Å²) in [6.45, 7) is 9.21. The van der Waals surface area contributed by atoms with Gasteiger partial charge in [0.2, 0.25) is 5.91 Å². The van der Waals surface area contributed by atoms with Crippen LogP contribution in [-0.4, -0.2) is 49.5 Å². The van der Waals surface area contributed by atoms with Crippen LogP contribution in [0.15, 0.2) is 59.6 Å². The monoisotopic (exact) mass is 423 g/mol. The largest absolute Gasteiger partial charge is 0.357 e. The Morgan fingerprint density at radius 3 is 2.39 bits per heavy atom. The molecule has 0 aliphatic rings. The van der Waals surface area contributed by atoms with Gasteiger partial charge in [-0.25, -0.2) is 0 Å². The van der Waals surface area contributed by atoms with Crippen LogP contribution in [0.5, 0.6) is 0 Å². The van der Waals surface area contributed by atoms with E-state index in [1.165, 1.54) is 18.1 Å². The molecule has 0 saturated heterocycles. The Labute approximate surface area is 187 Å². The lowest BCUT2D eigenvalue weighted by molar-refractivity contribution is -0.114. The van der Waals surface area contributed by atoms with Crippen molar-refractivity contribution in [3.05, 3.63) is 65.7 Å². The number of carbonyl (C=O) groups excluding carboxylic acids is 1. The summed E-state index contributed by atoms with van der Waals surface area (Å²) in [7, 11) is 2.17. The van der Waals surface area contributed by atoms with E-state index in [1.54, 1.807) is 0 Å². The fourth-order valence-corrected chi connectivity index (χ4v) is 3.24. The third kappa shape index (κ3) is 9.66. The summed E-state index contributed by atoms with van der Waals surface area (Å²) >= 11 is 0. The Bertz CT molecular complexity index is 804. The van der Waals surface area contributed by atoms with Crippen LogP contribution < -0.4 is 16.0 Å². The maximum Gasteiger partial charge on any atom is 0.221 e. The fourth-order valence-electron chi connectivity index (χ4n) is 3.24. The first-order valence-electron chi connectivity index (χ1n) is 11.1. The number of hydrogen-bond acceptors (Lipinski definition) is 3. The molecule has 0 spiro atoms. The van der Waals surface area contributed by atoms with Gasteiger partial charge in [0.25, 0.3) is 0 Å². The minimum atomic E-state index is -0.0542. The van der Waals surface area contributed by atoms with E-state index < -0.39 is 0 Å². The molecular formula is C25H37N5O. The minimum Gasteiger partial charge on any atom is -0.357 e. The summed E-state index contributed by atoms with van der Waals surface area (Å²) < 4.78 is 0. The van der Waals surface area contributed by atoms with Crippen molar-refractivity contribution in [3.63, 3.8) is 0 Å². The van der Waals surface area contributed by atoms with Crippen LogP contribution in [0.4, 0.5) is 5.69 Å². The highest BCUT2D eigenvalue weighted by molar-refractivity contribution is 5.88. The molecule has 0 aromatic heterocycles. The third-order valence-electron chi connectivity index (χ3n) is 5.17. The van der Waals surface area contributed by atoms with Crippen molar-refractivity contribution in [1.29, 1.82) is 0 Å². The second-order valence-corrected chi connectivity index (χ2v) is 7.85. The predicted octanol–water partition coefficient (Wildman–Crippen LogP) is 3.65. The lowest BCUT2D eigenvalue weighted by Gasteiger charge is -2.24. The molecule has 0 heterocycles. The SMILES string of the molecule is CCNC(=NCCC(C)N(C)Cc1ccccc1)NCCc1ccc(NC(C)=O)cc1. The van der Waals surface area contributed by atoms with Gasteiger partial charge in [0.15, 0.2) is 5.96 Å². The van der Waals surface area contributed by atoms with E-state index >= 15 is 0 Å². The van der Waals surface area contributed by atoms with E-state index in [-0.39, 0.29) is 5.91 Å². The number of benzene rings is 2. The summed E-state index contributed by atoms with van der Waals surface area (Å²) in [4.78, 5) is 18.2. The molecule has 2 aromatic carbocycles. The maximum absolute atomic E-state index is 11.1. The Kier molecular flexibility index (Phi) is 10.6. The molecule has 0 fully saturated rings. The summed E-state index contributed by atoms with van der Waals surface area (Å²) in [5, 5.41) is 9.52. The Morgan fingerprint density at radius 2 is 1.74 bits per heavy atom. The molecule has 168 valence electrons. The van der Waals surface area contributed by atoms with Gasteiger partial charge in [0.05, 0.1) is 0 Å². The average molecular weight is 424 g/mol. The molecule has 6 heteroatoms. The summed E-state index contributed by atoms with van der Waals surface area (Å²) in [6, 6.07) is 19.0. The van der Waals surface area contributed by atoms with Crippen molar-refractivity contribution in [1.82, 2.24) is 15.5 Å². The molecule has 1 unspecified atom stereocenters. The Hall–Kier alpha value is -2.86. The first kappa shape index (κ1) is 24.4. The number of hydrogen-bond donors (Lipinski definition) is 3. The van der Waals surface area contributed by atoms with Crippen molar-refractivity contribution in [2.24, 2.45) is 4.99 Å². The number of amides is 1. The summed E-state index contributed by atoms with van der Waals surface area (Å²) in [5.41, 5.74) is 3.37. The first-order chi connectivity index (χ1) is 15.0. The van der Waals surface area contributed by atoms with Crippen LogP contribution in [-0.2, 0) is 17.8 Å². The number of aliphatic imine (C=N–C) groups is 1. The standard InChI is InChI=1S/C25H37N5O/c1-5-26-25(28-18-16-22-11-13-24(14-12-22)29-21(3)31)27-17-15-20(2)30(4)19-23-9-7-6-8-10-23/h6-14,20H,5,15-19H2,1-4H3,(H,29,31)(H2,26,27,28). The number of nitrogens with zero attached hydrogens (tertiary/aromatic N) is 2. The molecule has 0 saturated carbocycles. The van der Waals surface area contributed by atoms with E-state index in [1.807, 2.05) is 24.3 Å². The highest BCUT2D eigenvalue weighted by atomic mass is 16.1. The van der Waals surface area contributed by atoms with E-state index in [0.717, 1.165) is 50.7 Å². The Balaban J connectivity index is 1.75. The zero-order chi connectivity index (χ0) is 22.5. The maximum atomic E-state index is 11.1. The van der Waals surface area contributed by atoms with Crippen LogP contribution in [0.2, 0.25) is 0 Å². The highest BCUT2D eigenvalue weighted by Gasteiger charge is 2.09. The lowest BCUT2D eigenvalue weighted by Crippen LogP contribution is -2.38. The van der Waals surface area contributed by atoms with Crippen molar-refractivity contribution in [2.75, 3.05) is 32.0 Å². The molecule has 0 bridgehead atoms. The molecule has 1 amide bonds. The first-order valence-corrected chi connectivity index (χ1v) is 11.1. The predicted molar refractivity (Wildman–Crippen MR) is 130 cm³/mol. The minimum absolute atomic E-state index is 0.0542. The van der Waals surface area contributed by atoms with Gasteiger partial charge < -0.3 is 16.0 Å². The number of rotatable bonds is 11. The van der Waals surface area contributed by atoms with Crippen molar-refractivity contribution in [3.8, 4) is 0 Å². The number of anilines is 1. The molecule has 2 rings (SSSR count). The molecule has 0 aliphatic heterocycles. The normalized spacial score (nSPS) is 12.5. The molecule has 6 nitrogen and oxygen atoms in total. The van der Waals surface area contributed by atoms with E-state index in [2.05, 4.69) is 72.1 Å². The molecule has 3 N–H and O–H groups in total. The zero-order valence-corrected chi connectivity index (χ0v) is 19.3. The molecular weight excluding hydrogens is 386 g/mol. The smallest absolute Gasteiger partial charge is 0.221 e.